The van der Waals surface area contributed by atoms with Gasteiger partial charge in [0.2, 0.25) is 0 Å². The molecule has 0 unspecified atom stereocenters. The van der Waals surface area contributed by atoms with Crippen molar-refractivity contribution in [3.05, 3.63) is 40.8 Å². The lowest BCUT2D eigenvalue weighted by molar-refractivity contribution is 0.0529. The number of anilines is 1. The van der Waals surface area contributed by atoms with Gasteiger partial charge >= 0.3 is 5.97 Å². The fraction of sp³-hybridized carbons (Fsp3) is 0.538. The molecule has 1 aliphatic rings. The van der Waals surface area contributed by atoms with Gasteiger partial charge in [-0.15, -0.1) is 11.3 Å². The number of hydrogen-bond acceptors (Lipinski definition) is 4. The lowest BCUT2D eigenvalue weighted by Gasteiger charge is -2.39. The normalized spacial score (nSPS) is 18.8. The number of carbonyl (C=O) groups excluding carboxylic acids is 1. The van der Waals surface area contributed by atoms with Gasteiger partial charge in [0.05, 0.1) is 6.61 Å². The molecule has 0 spiro atoms. The van der Waals surface area contributed by atoms with Crippen LogP contribution < -0.4 is 10.6 Å². The van der Waals surface area contributed by atoms with E-state index in [4.69, 9.17) is 17.0 Å². The first-order valence-electron chi connectivity index (χ1n) is 11.7. The van der Waals surface area contributed by atoms with E-state index in [1.165, 1.54) is 19.3 Å². The van der Waals surface area contributed by atoms with Crippen LogP contribution in [0, 0.1) is 18.3 Å². The van der Waals surface area contributed by atoms with Crippen LogP contribution in [0.2, 0.25) is 0 Å². The van der Waals surface area contributed by atoms with Crippen LogP contribution in [0.5, 0.6) is 0 Å². The van der Waals surface area contributed by atoms with Crippen LogP contribution in [0.4, 0.5) is 5.00 Å². The zero-order valence-electron chi connectivity index (χ0n) is 19.9. The second kappa shape index (κ2) is 10.8. The van der Waals surface area contributed by atoms with Gasteiger partial charge in [0.1, 0.15) is 10.6 Å². The lowest BCUT2D eigenvalue weighted by atomic mass is 9.69. The maximum absolute atomic E-state index is 12.9. The Hall–Kier alpha value is -1.92. The molecule has 2 N–H and O–H groups in total. The van der Waals surface area contributed by atoms with Crippen LogP contribution in [0.1, 0.15) is 75.0 Å². The van der Waals surface area contributed by atoms with Gasteiger partial charge in [-0.05, 0) is 68.6 Å². The molecule has 1 aromatic heterocycles. The number of ether oxygens (including phenoxy) is 1. The molecule has 2 aromatic rings. The second-order valence-electron chi connectivity index (χ2n) is 9.31. The molecule has 0 radical (unpaired) electrons. The summed E-state index contributed by atoms with van der Waals surface area (Å²) in [6, 6.07) is 10.4. The number of nitrogens with one attached hydrogen (secondary N) is 2. The van der Waals surface area contributed by atoms with Gasteiger partial charge in [-0.25, -0.2) is 4.79 Å². The summed E-state index contributed by atoms with van der Waals surface area (Å²) in [5.74, 6) is 0.458. The van der Waals surface area contributed by atoms with Crippen LogP contribution >= 0.6 is 23.6 Å². The van der Waals surface area contributed by atoms with Crippen LogP contribution in [-0.4, -0.2) is 23.7 Å². The van der Waals surface area contributed by atoms with Gasteiger partial charge in [0.15, 0.2) is 5.11 Å². The Balaban J connectivity index is 1.73. The molecule has 0 aliphatic heterocycles. The van der Waals surface area contributed by atoms with Gasteiger partial charge < -0.3 is 15.4 Å². The summed E-state index contributed by atoms with van der Waals surface area (Å²) in [5, 5.41) is 8.14. The second-order valence-corrected chi connectivity index (χ2v) is 10.9. The summed E-state index contributed by atoms with van der Waals surface area (Å²) in [4.78, 5) is 13.9. The van der Waals surface area contributed by atoms with E-state index in [-0.39, 0.29) is 5.97 Å². The van der Waals surface area contributed by atoms with Crippen LogP contribution in [0.3, 0.4) is 0 Å². The number of thiophene rings is 1. The molecule has 0 atom stereocenters. The van der Waals surface area contributed by atoms with Crippen molar-refractivity contribution in [1.29, 1.82) is 0 Å². The highest BCUT2D eigenvalue weighted by atomic mass is 32.1. The minimum Gasteiger partial charge on any atom is -0.462 e. The number of esters is 1. The summed E-state index contributed by atoms with van der Waals surface area (Å²) in [7, 11) is 0. The van der Waals surface area contributed by atoms with Gasteiger partial charge in [0.25, 0.3) is 0 Å². The largest absolute Gasteiger partial charge is 0.462 e. The fourth-order valence-corrected chi connectivity index (χ4v) is 6.02. The minimum absolute atomic E-state index is 0.316. The summed E-state index contributed by atoms with van der Waals surface area (Å²) < 4.78 is 5.39. The zero-order valence-corrected chi connectivity index (χ0v) is 21.6. The molecule has 1 aliphatic carbocycles. The number of hydrogen-bond donors (Lipinski definition) is 2. The number of thiocarbonyl (C=S) groups is 1. The van der Waals surface area contributed by atoms with E-state index >= 15 is 0 Å². The highest BCUT2D eigenvalue weighted by molar-refractivity contribution is 7.80. The maximum atomic E-state index is 12.9. The van der Waals surface area contributed by atoms with Gasteiger partial charge in [0, 0.05) is 16.5 Å². The number of benzene rings is 1. The van der Waals surface area contributed by atoms with E-state index in [9.17, 15) is 4.79 Å². The lowest BCUT2D eigenvalue weighted by Crippen LogP contribution is -2.41. The average Bonchev–Trinajstić information content (AvgIpc) is 3.10. The molecule has 6 heteroatoms. The van der Waals surface area contributed by atoms with Crippen molar-refractivity contribution in [3.8, 4) is 11.1 Å². The van der Waals surface area contributed by atoms with Gasteiger partial charge in [-0.3, -0.25) is 0 Å². The fourth-order valence-electron chi connectivity index (χ4n) is 4.62. The van der Waals surface area contributed by atoms with Crippen molar-refractivity contribution in [3.63, 3.8) is 0 Å². The zero-order chi connectivity index (χ0) is 23.3. The van der Waals surface area contributed by atoms with Crippen molar-refractivity contribution in [2.75, 3.05) is 11.9 Å². The van der Waals surface area contributed by atoms with Crippen molar-refractivity contribution in [2.24, 2.45) is 11.3 Å². The summed E-state index contributed by atoms with van der Waals surface area (Å²) in [5.41, 5.74) is 2.90. The third kappa shape index (κ3) is 5.70. The van der Waals surface area contributed by atoms with Crippen molar-refractivity contribution < 1.29 is 9.53 Å². The van der Waals surface area contributed by atoms with E-state index in [1.54, 1.807) is 11.3 Å². The number of carbonyl (C=O) groups is 1. The quantitative estimate of drug-likeness (QED) is 0.330. The Bertz CT molecular complexity index is 929. The van der Waals surface area contributed by atoms with Crippen molar-refractivity contribution >= 4 is 39.6 Å². The molecule has 174 valence electrons. The van der Waals surface area contributed by atoms with E-state index in [0.717, 1.165) is 39.8 Å². The van der Waals surface area contributed by atoms with Gasteiger partial charge in [-0.2, -0.15) is 0 Å². The molecule has 32 heavy (non-hydrogen) atoms. The summed E-state index contributed by atoms with van der Waals surface area (Å²) in [6.45, 7) is 11.3. The third-order valence-electron chi connectivity index (χ3n) is 6.93. The van der Waals surface area contributed by atoms with E-state index in [2.05, 4.69) is 31.4 Å². The number of rotatable bonds is 7. The molecule has 4 nitrogen and oxygen atoms in total. The molecule has 1 fully saturated rings. The van der Waals surface area contributed by atoms with Crippen LogP contribution in [-0.2, 0) is 4.74 Å². The molecule has 1 aromatic carbocycles. The van der Waals surface area contributed by atoms with E-state index < -0.39 is 0 Å². The van der Waals surface area contributed by atoms with Crippen molar-refractivity contribution in [1.82, 2.24) is 5.32 Å². The molecule has 1 heterocycles. The molecule has 3 rings (SSSR count). The first kappa shape index (κ1) is 24.7. The molecular weight excluding hydrogens is 436 g/mol. The van der Waals surface area contributed by atoms with Crippen LogP contribution in [0.15, 0.2) is 30.3 Å². The van der Waals surface area contributed by atoms with E-state index in [0.29, 0.717) is 28.7 Å². The monoisotopic (exact) mass is 472 g/mol. The maximum Gasteiger partial charge on any atom is 0.341 e. The van der Waals surface area contributed by atoms with Crippen molar-refractivity contribution in [2.45, 2.75) is 72.8 Å². The highest BCUT2D eigenvalue weighted by Crippen LogP contribution is 2.41. The molecule has 1 saturated carbocycles. The topological polar surface area (TPSA) is 50.4 Å². The van der Waals surface area contributed by atoms with E-state index in [1.807, 2.05) is 44.2 Å². The third-order valence-corrected chi connectivity index (χ3v) is 8.17. The predicted molar refractivity (Wildman–Crippen MR) is 140 cm³/mol. The molecule has 0 saturated heterocycles. The Morgan fingerprint density at radius 3 is 2.41 bits per heavy atom. The smallest absolute Gasteiger partial charge is 0.341 e. The SMILES string of the molecule is CCOC(=O)c1c(NC(=S)NC2CCC(C(C)(C)CC)CC2)sc(C)c1-c1ccccc1. The van der Waals surface area contributed by atoms with Crippen LogP contribution in [0.25, 0.3) is 11.1 Å². The predicted octanol–water partition coefficient (Wildman–Crippen LogP) is 7.18. The Morgan fingerprint density at radius 2 is 1.81 bits per heavy atom. The average molecular weight is 473 g/mol. The van der Waals surface area contributed by atoms with Gasteiger partial charge in [-0.1, -0.05) is 57.5 Å². The molecule has 0 amide bonds. The molecular formula is C26H36N2O2S2. The first-order valence-corrected chi connectivity index (χ1v) is 12.9. The highest BCUT2D eigenvalue weighted by Gasteiger charge is 2.32. The molecule has 0 bridgehead atoms. The standard InChI is InChI=1S/C26H36N2O2S2/c1-6-26(4,5)19-13-15-20(16-14-19)27-25(31)28-23-22(24(29)30-7-2)21(17(3)32-23)18-11-9-8-10-12-18/h8-12,19-20H,6-7,13-16H2,1-5H3,(H2,27,28,31). The number of aryl methyl sites for hydroxylation is 1. The Kier molecular flexibility index (Phi) is 8.34. The Morgan fingerprint density at radius 1 is 1.16 bits per heavy atom. The first-order chi connectivity index (χ1) is 15.3. The minimum atomic E-state index is -0.316. The summed E-state index contributed by atoms with van der Waals surface area (Å²) >= 11 is 7.20. The summed E-state index contributed by atoms with van der Waals surface area (Å²) in [6.07, 6.45) is 5.92. The Labute approximate surface area is 202 Å².